The maximum atomic E-state index is 12.5. The number of pyridine rings is 1. The van der Waals surface area contributed by atoms with E-state index in [1.54, 1.807) is 12.4 Å². The lowest BCUT2D eigenvalue weighted by atomic mass is 9.95. The van der Waals surface area contributed by atoms with E-state index in [4.69, 9.17) is 0 Å². The molecule has 7 nitrogen and oxygen atoms in total. The topological polar surface area (TPSA) is 74.2 Å². The zero-order valence-electron chi connectivity index (χ0n) is 16.3. The van der Waals surface area contributed by atoms with E-state index in [1.165, 1.54) is 19.3 Å². The standard InChI is InChI=1S/C21H28N6O/c28-20(23-14-17-5-4-8-22-13-17)18-6-11-26(12-7-18)19-15-24-21(25-16-19)27-9-2-1-3-10-27/h4-5,8,13,15-16,18H,1-3,6-7,9-12,14H2,(H,23,28). The maximum Gasteiger partial charge on any atom is 0.225 e. The van der Waals surface area contributed by atoms with Gasteiger partial charge in [0.1, 0.15) is 0 Å². The summed E-state index contributed by atoms with van der Waals surface area (Å²) in [5, 5.41) is 3.04. The van der Waals surface area contributed by atoms with E-state index in [2.05, 4.69) is 30.1 Å². The summed E-state index contributed by atoms with van der Waals surface area (Å²) in [5.41, 5.74) is 2.08. The Hall–Kier alpha value is -2.70. The Kier molecular flexibility index (Phi) is 5.99. The fourth-order valence-corrected chi connectivity index (χ4v) is 3.97. The summed E-state index contributed by atoms with van der Waals surface area (Å²) in [5.74, 6) is 1.05. The van der Waals surface area contributed by atoms with Gasteiger partial charge in [-0.05, 0) is 43.7 Å². The van der Waals surface area contributed by atoms with Gasteiger partial charge in [-0.1, -0.05) is 6.07 Å². The van der Waals surface area contributed by atoms with Crippen LogP contribution in [0.2, 0.25) is 0 Å². The third kappa shape index (κ3) is 4.58. The molecular formula is C21H28N6O. The van der Waals surface area contributed by atoms with Crippen LogP contribution in [0, 0.1) is 5.92 Å². The molecule has 0 radical (unpaired) electrons. The fraction of sp³-hybridized carbons (Fsp3) is 0.524. The number of aromatic nitrogens is 3. The van der Waals surface area contributed by atoms with E-state index in [1.807, 2.05) is 24.5 Å². The Morgan fingerprint density at radius 3 is 2.43 bits per heavy atom. The van der Waals surface area contributed by atoms with Gasteiger partial charge in [0.15, 0.2) is 0 Å². The number of amides is 1. The number of hydrogen-bond donors (Lipinski definition) is 1. The molecule has 0 aromatic carbocycles. The van der Waals surface area contributed by atoms with Crippen LogP contribution in [0.25, 0.3) is 0 Å². The van der Waals surface area contributed by atoms with E-state index in [0.29, 0.717) is 6.54 Å². The highest BCUT2D eigenvalue weighted by atomic mass is 16.1. The first-order valence-corrected chi connectivity index (χ1v) is 10.3. The first-order chi connectivity index (χ1) is 13.8. The maximum absolute atomic E-state index is 12.5. The Bertz CT molecular complexity index is 752. The molecule has 0 unspecified atom stereocenters. The molecule has 0 bridgehead atoms. The molecule has 4 heterocycles. The fourth-order valence-electron chi connectivity index (χ4n) is 3.97. The highest BCUT2D eigenvalue weighted by Gasteiger charge is 2.25. The van der Waals surface area contributed by atoms with Crippen LogP contribution in [0.4, 0.5) is 11.6 Å². The molecule has 2 aromatic rings. The molecule has 7 heteroatoms. The van der Waals surface area contributed by atoms with Crippen molar-refractivity contribution in [2.45, 2.75) is 38.6 Å². The zero-order valence-corrected chi connectivity index (χ0v) is 16.3. The van der Waals surface area contributed by atoms with Crippen molar-refractivity contribution in [3.8, 4) is 0 Å². The second-order valence-corrected chi connectivity index (χ2v) is 7.63. The van der Waals surface area contributed by atoms with Crippen LogP contribution in [0.5, 0.6) is 0 Å². The molecule has 1 amide bonds. The molecule has 4 rings (SSSR count). The summed E-state index contributed by atoms with van der Waals surface area (Å²) in [6.07, 6.45) is 12.8. The van der Waals surface area contributed by atoms with Gasteiger partial charge in [-0.15, -0.1) is 0 Å². The third-order valence-electron chi connectivity index (χ3n) is 5.68. The van der Waals surface area contributed by atoms with Gasteiger partial charge in [0.2, 0.25) is 11.9 Å². The molecule has 1 N–H and O–H groups in total. The normalized spacial score (nSPS) is 18.1. The number of nitrogens with one attached hydrogen (secondary N) is 1. The summed E-state index contributed by atoms with van der Waals surface area (Å²) < 4.78 is 0. The summed E-state index contributed by atoms with van der Waals surface area (Å²) >= 11 is 0. The van der Waals surface area contributed by atoms with Crippen molar-refractivity contribution in [2.75, 3.05) is 36.0 Å². The number of anilines is 2. The zero-order chi connectivity index (χ0) is 19.2. The smallest absolute Gasteiger partial charge is 0.225 e. The van der Waals surface area contributed by atoms with Crippen LogP contribution in [0.1, 0.15) is 37.7 Å². The second-order valence-electron chi connectivity index (χ2n) is 7.63. The molecule has 28 heavy (non-hydrogen) atoms. The average molecular weight is 380 g/mol. The molecule has 2 saturated heterocycles. The quantitative estimate of drug-likeness (QED) is 0.859. The Labute approximate surface area is 166 Å². The molecule has 0 atom stereocenters. The van der Waals surface area contributed by atoms with Crippen molar-refractivity contribution in [1.82, 2.24) is 20.3 Å². The van der Waals surface area contributed by atoms with Crippen molar-refractivity contribution < 1.29 is 4.79 Å². The number of hydrogen-bond acceptors (Lipinski definition) is 6. The largest absolute Gasteiger partial charge is 0.369 e. The van der Waals surface area contributed by atoms with Gasteiger partial charge >= 0.3 is 0 Å². The molecule has 2 aliphatic heterocycles. The van der Waals surface area contributed by atoms with E-state index in [0.717, 1.165) is 56.2 Å². The number of nitrogens with zero attached hydrogens (tertiary/aromatic N) is 5. The Balaban J connectivity index is 1.26. The minimum atomic E-state index is 0.0708. The van der Waals surface area contributed by atoms with Gasteiger partial charge in [0, 0.05) is 51.0 Å². The van der Waals surface area contributed by atoms with Crippen molar-refractivity contribution >= 4 is 17.5 Å². The number of rotatable bonds is 5. The van der Waals surface area contributed by atoms with Gasteiger partial charge in [-0.2, -0.15) is 0 Å². The van der Waals surface area contributed by atoms with Crippen molar-refractivity contribution in [1.29, 1.82) is 0 Å². The Morgan fingerprint density at radius 2 is 1.75 bits per heavy atom. The lowest BCUT2D eigenvalue weighted by Crippen LogP contribution is -2.40. The molecular weight excluding hydrogens is 352 g/mol. The van der Waals surface area contributed by atoms with E-state index in [9.17, 15) is 4.79 Å². The molecule has 0 saturated carbocycles. The van der Waals surface area contributed by atoms with Crippen molar-refractivity contribution in [2.24, 2.45) is 5.92 Å². The summed E-state index contributed by atoms with van der Waals surface area (Å²) in [4.78, 5) is 30.3. The molecule has 2 aliphatic rings. The number of piperidine rings is 2. The first kappa shape index (κ1) is 18.7. The van der Waals surface area contributed by atoms with Crippen LogP contribution in [-0.4, -0.2) is 47.0 Å². The lowest BCUT2D eigenvalue weighted by molar-refractivity contribution is -0.125. The SMILES string of the molecule is O=C(NCc1cccnc1)C1CCN(c2cnc(N3CCCCC3)nc2)CC1. The van der Waals surface area contributed by atoms with Crippen molar-refractivity contribution in [3.05, 3.63) is 42.5 Å². The molecule has 0 aliphatic carbocycles. The van der Waals surface area contributed by atoms with Crippen LogP contribution >= 0.6 is 0 Å². The van der Waals surface area contributed by atoms with Crippen LogP contribution in [0.3, 0.4) is 0 Å². The highest BCUT2D eigenvalue weighted by molar-refractivity contribution is 5.79. The van der Waals surface area contributed by atoms with Gasteiger partial charge in [-0.3, -0.25) is 9.78 Å². The van der Waals surface area contributed by atoms with Crippen LogP contribution < -0.4 is 15.1 Å². The predicted molar refractivity (Wildman–Crippen MR) is 109 cm³/mol. The van der Waals surface area contributed by atoms with E-state index < -0.39 is 0 Å². The minimum Gasteiger partial charge on any atom is -0.369 e. The van der Waals surface area contributed by atoms with Gasteiger partial charge in [0.25, 0.3) is 0 Å². The number of carbonyl (C=O) groups excluding carboxylic acids is 1. The second kappa shape index (κ2) is 8.99. The minimum absolute atomic E-state index is 0.0708. The molecule has 2 fully saturated rings. The van der Waals surface area contributed by atoms with Gasteiger partial charge in [0.05, 0.1) is 18.1 Å². The lowest BCUT2D eigenvalue weighted by Gasteiger charge is -2.33. The van der Waals surface area contributed by atoms with Crippen LogP contribution in [-0.2, 0) is 11.3 Å². The molecule has 0 spiro atoms. The third-order valence-corrected chi connectivity index (χ3v) is 5.68. The summed E-state index contributed by atoms with van der Waals surface area (Å²) in [7, 11) is 0. The summed E-state index contributed by atoms with van der Waals surface area (Å²) in [6.45, 7) is 4.37. The van der Waals surface area contributed by atoms with E-state index >= 15 is 0 Å². The first-order valence-electron chi connectivity index (χ1n) is 10.3. The molecule has 148 valence electrons. The van der Waals surface area contributed by atoms with E-state index in [-0.39, 0.29) is 11.8 Å². The monoisotopic (exact) mass is 380 g/mol. The highest BCUT2D eigenvalue weighted by Crippen LogP contribution is 2.24. The van der Waals surface area contributed by atoms with Gasteiger partial charge < -0.3 is 15.1 Å². The average Bonchev–Trinajstić information content (AvgIpc) is 2.79. The van der Waals surface area contributed by atoms with Crippen molar-refractivity contribution in [3.63, 3.8) is 0 Å². The Morgan fingerprint density at radius 1 is 1.00 bits per heavy atom. The van der Waals surface area contributed by atoms with Gasteiger partial charge in [-0.25, -0.2) is 9.97 Å². The number of carbonyl (C=O) groups is 1. The predicted octanol–water partition coefficient (Wildman–Crippen LogP) is 2.39. The molecule has 2 aromatic heterocycles. The summed E-state index contributed by atoms with van der Waals surface area (Å²) in [6, 6.07) is 3.86. The van der Waals surface area contributed by atoms with Crippen LogP contribution in [0.15, 0.2) is 36.9 Å².